The molecular formula is C26H31ClN10O4. The highest BCUT2D eigenvalue weighted by Crippen LogP contribution is 2.24. The van der Waals surface area contributed by atoms with Gasteiger partial charge in [0.05, 0.1) is 11.4 Å². The van der Waals surface area contributed by atoms with E-state index in [1.54, 1.807) is 41.3 Å². The molecule has 15 heteroatoms. The first kappa shape index (κ1) is 29.4. The molecule has 1 aliphatic heterocycles. The van der Waals surface area contributed by atoms with Gasteiger partial charge in [0.15, 0.2) is 0 Å². The van der Waals surface area contributed by atoms with Gasteiger partial charge in [-0.25, -0.2) is 4.79 Å². The number of hydrogen-bond donors (Lipinski definition) is 4. The number of hydrogen-bond acceptors (Lipinski definition) is 8. The van der Waals surface area contributed by atoms with Gasteiger partial charge in [-0.2, -0.15) is 4.68 Å². The van der Waals surface area contributed by atoms with Crippen molar-refractivity contribution in [2.24, 2.45) is 5.73 Å². The van der Waals surface area contributed by atoms with Crippen LogP contribution in [0.4, 0.5) is 16.2 Å². The number of aromatic nitrogens is 4. The fourth-order valence-electron chi connectivity index (χ4n) is 4.45. The van der Waals surface area contributed by atoms with E-state index in [0.717, 1.165) is 12.8 Å². The van der Waals surface area contributed by atoms with Crippen LogP contribution in [0.3, 0.4) is 0 Å². The summed E-state index contributed by atoms with van der Waals surface area (Å²) in [5.74, 6) is -2.93. The number of anilines is 2. The number of halogens is 1. The number of nitrogens with two attached hydrogens (primary N) is 1. The second-order valence-electron chi connectivity index (χ2n) is 9.81. The number of nitrogens with zero attached hydrogens (tertiary/aromatic N) is 6. The largest absolute Gasteiger partial charge is 0.368 e. The lowest BCUT2D eigenvalue weighted by atomic mass is 10.0. The maximum Gasteiger partial charge on any atom is 0.321 e. The second-order valence-corrected chi connectivity index (χ2v) is 10.2. The SMILES string of the molecule is CN(C)C1CCN(C(=O)Nc2ccc(C[C@H](NC(=O)C(=O)Nc3cc(Cl)ccc3-n3cnnn3)C(N)=O)cc2)CC1. The van der Waals surface area contributed by atoms with Crippen molar-refractivity contribution in [2.45, 2.75) is 31.3 Å². The highest BCUT2D eigenvalue weighted by atomic mass is 35.5. The van der Waals surface area contributed by atoms with E-state index in [1.165, 1.54) is 17.1 Å². The third kappa shape index (κ3) is 7.77. The Balaban J connectivity index is 1.33. The molecule has 5 N–H and O–H groups in total. The Bertz CT molecular complexity index is 1390. The van der Waals surface area contributed by atoms with Gasteiger partial charge in [-0.3, -0.25) is 14.4 Å². The van der Waals surface area contributed by atoms with E-state index in [9.17, 15) is 19.2 Å². The molecule has 1 saturated heterocycles. The van der Waals surface area contributed by atoms with Crippen LogP contribution in [0, 0.1) is 0 Å². The summed E-state index contributed by atoms with van der Waals surface area (Å²) >= 11 is 6.05. The number of rotatable bonds is 8. The Morgan fingerprint density at radius 2 is 1.76 bits per heavy atom. The van der Waals surface area contributed by atoms with Gasteiger partial charge < -0.3 is 31.5 Å². The van der Waals surface area contributed by atoms with Crippen molar-refractivity contribution in [3.8, 4) is 5.69 Å². The number of amides is 5. The van der Waals surface area contributed by atoms with Gasteiger partial charge in [0.1, 0.15) is 12.4 Å². The zero-order valence-electron chi connectivity index (χ0n) is 22.6. The minimum atomic E-state index is -1.16. The molecule has 1 atom stereocenters. The van der Waals surface area contributed by atoms with Crippen LogP contribution < -0.4 is 21.7 Å². The van der Waals surface area contributed by atoms with Crippen molar-refractivity contribution in [2.75, 3.05) is 37.8 Å². The highest BCUT2D eigenvalue weighted by molar-refractivity contribution is 6.40. The lowest BCUT2D eigenvalue weighted by Crippen LogP contribution is -2.49. The standard InChI is InChI=1S/C26H31ClN10O4/c1-35(2)19-9-11-36(12-10-19)26(41)30-18-6-3-16(4-7-18)13-21(23(28)38)32-25(40)24(39)31-20-14-17(27)5-8-22(20)37-15-29-33-34-37/h3-8,14-15,19,21H,9-13H2,1-2H3,(H2,28,38)(H,30,41)(H,31,39)(H,32,40)/t21-/m0/s1. The average molecular weight is 583 g/mol. The van der Waals surface area contributed by atoms with Crippen molar-refractivity contribution in [1.29, 1.82) is 0 Å². The third-order valence-corrected chi connectivity index (χ3v) is 7.02. The molecule has 0 saturated carbocycles. The first-order valence-electron chi connectivity index (χ1n) is 12.9. The highest BCUT2D eigenvalue weighted by Gasteiger charge is 2.25. The first-order valence-corrected chi connectivity index (χ1v) is 13.2. The van der Waals surface area contributed by atoms with E-state index in [2.05, 4.69) is 36.4 Å². The zero-order chi connectivity index (χ0) is 29.5. The minimum Gasteiger partial charge on any atom is -0.368 e. The van der Waals surface area contributed by atoms with Gasteiger partial charge in [-0.15, -0.1) is 5.10 Å². The van der Waals surface area contributed by atoms with Crippen LogP contribution in [0.1, 0.15) is 18.4 Å². The molecule has 0 spiro atoms. The molecule has 14 nitrogen and oxygen atoms in total. The van der Waals surface area contributed by atoms with Gasteiger partial charge >= 0.3 is 17.8 Å². The lowest BCUT2D eigenvalue weighted by Gasteiger charge is -2.35. The number of carbonyl (C=O) groups is 4. The van der Waals surface area contributed by atoms with Gasteiger partial charge in [-0.05, 0) is 73.3 Å². The third-order valence-electron chi connectivity index (χ3n) is 6.78. The van der Waals surface area contributed by atoms with Crippen LogP contribution >= 0.6 is 11.6 Å². The lowest BCUT2D eigenvalue weighted by molar-refractivity contribution is -0.137. The van der Waals surface area contributed by atoms with Gasteiger partial charge in [0.25, 0.3) is 0 Å². The maximum atomic E-state index is 12.7. The number of primary amides is 1. The van der Waals surface area contributed by atoms with Crippen molar-refractivity contribution >= 4 is 46.7 Å². The predicted octanol–water partition coefficient (Wildman–Crippen LogP) is 1.02. The summed E-state index contributed by atoms with van der Waals surface area (Å²) in [7, 11) is 4.09. The molecule has 41 heavy (non-hydrogen) atoms. The molecule has 216 valence electrons. The molecule has 0 aliphatic carbocycles. The van der Waals surface area contributed by atoms with Gasteiger partial charge in [-0.1, -0.05) is 23.7 Å². The molecule has 3 aromatic rings. The second kappa shape index (κ2) is 13.2. The molecule has 2 heterocycles. The first-order chi connectivity index (χ1) is 19.6. The number of benzene rings is 2. The summed E-state index contributed by atoms with van der Waals surface area (Å²) in [6.07, 6.45) is 3.18. The number of likely N-dealkylation sites (tertiary alicyclic amines) is 1. The van der Waals surface area contributed by atoms with E-state index in [1.807, 2.05) is 14.1 Å². The maximum absolute atomic E-state index is 12.7. The van der Waals surface area contributed by atoms with Crippen molar-refractivity contribution < 1.29 is 19.2 Å². The molecule has 0 radical (unpaired) electrons. The molecule has 0 bridgehead atoms. The number of urea groups is 1. The number of piperidine rings is 1. The molecule has 2 aromatic carbocycles. The molecule has 5 amide bonds. The fourth-order valence-corrected chi connectivity index (χ4v) is 4.63. The Kier molecular flexibility index (Phi) is 9.47. The Hall–Kier alpha value is -4.56. The smallest absolute Gasteiger partial charge is 0.321 e. The topological polar surface area (TPSA) is 180 Å². The van der Waals surface area contributed by atoms with Crippen LogP contribution in [0.15, 0.2) is 48.8 Å². The van der Waals surface area contributed by atoms with Gasteiger partial charge in [0.2, 0.25) is 5.91 Å². The van der Waals surface area contributed by atoms with Gasteiger partial charge in [0, 0.05) is 36.3 Å². The Morgan fingerprint density at radius 3 is 2.37 bits per heavy atom. The summed E-state index contributed by atoms with van der Waals surface area (Å²) < 4.78 is 1.29. The number of carbonyl (C=O) groups excluding carboxylic acids is 4. The zero-order valence-corrected chi connectivity index (χ0v) is 23.3. The molecule has 1 fully saturated rings. The summed E-state index contributed by atoms with van der Waals surface area (Å²) in [6.45, 7) is 1.35. The van der Waals surface area contributed by atoms with Crippen molar-refractivity contribution in [3.05, 3.63) is 59.4 Å². The average Bonchev–Trinajstić information content (AvgIpc) is 3.48. The number of tetrazole rings is 1. The monoisotopic (exact) mass is 582 g/mol. The predicted molar refractivity (Wildman–Crippen MR) is 151 cm³/mol. The minimum absolute atomic E-state index is 0.0354. The molecule has 0 unspecified atom stereocenters. The van der Waals surface area contributed by atoms with Crippen molar-refractivity contribution in [3.63, 3.8) is 0 Å². The summed E-state index contributed by atoms with van der Waals surface area (Å²) in [5.41, 5.74) is 7.31. The molecule has 1 aliphatic rings. The quantitative estimate of drug-likeness (QED) is 0.284. The number of nitrogens with one attached hydrogen (secondary N) is 3. The summed E-state index contributed by atoms with van der Waals surface area (Å²) in [4.78, 5) is 54.0. The fraction of sp³-hybridized carbons (Fsp3) is 0.346. The molecule has 4 rings (SSSR count). The van der Waals surface area contributed by atoms with Crippen LogP contribution in [-0.2, 0) is 20.8 Å². The Morgan fingerprint density at radius 1 is 1.05 bits per heavy atom. The van der Waals surface area contributed by atoms with Crippen LogP contribution in [0.5, 0.6) is 0 Å². The molecular weight excluding hydrogens is 552 g/mol. The van der Waals surface area contributed by atoms with E-state index in [4.69, 9.17) is 17.3 Å². The Labute approximate surface area is 241 Å². The summed E-state index contributed by atoms with van der Waals surface area (Å²) in [5, 5.41) is 18.9. The normalized spacial score (nSPS) is 14.4. The summed E-state index contributed by atoms with van der Waals surface area (Å²) in [6, 6.07) is 10.5. The van der Waals surface area contributed by atoms with E-state index in [-0.39, 0.29) is 18.1 Å². The van der Waals surface area contributed by atoms with Crippen molar-refractivity contribution in [1.82, 2.24) is 35.3 Å². The van der Waals surface area contributed by atoms with Crippen LogP contribution in [0.2, 0.25) is 5.02 Å². The van der Waals surface area contributed by atoms with E-state index < -0.39 is 23.8 Å². The van der Waals surface area contributed by atoms with Crippen LogP contribution in [0.25, 0.3) is 5.69 Å². The molecule has 1 aromatic heterocycles. The van der Waals surface area contributed by atoms with E-state index >= 15 is 0 Å². The van der Waals surface area contributed by atoms with Crippen LogP contribution in [-0.4, -0.2) is 93.0 Å². The van der Waals surface area contributed by atoms with E-state index in [0.29, 0.717) is 41.1 Å².